The van der Waals surface area contributed by atoms with Gasteiger partial charge in [-0.25, -0.2) is 0 Å². The number of nitro groups is 2. The Morgan fingerprint density at radius 1 is 0.950 bits per heavy atom. The van der Waals surface area contributed by atoms with E-state index in [9.17, 15) is 20.2 Å². The fourth-order valence-electron chi connectivity index (χ4n) is 2.07. The number of non-ortho nitro benzene ring substituents is 2. The number of nitrogens with zero attached hydrogens (tertiary/aromatic N) is 2. The third kappa shape index (κ3) is 5.34. The molecule has 0 aliphatic rings. The van der Waals surface area contributed by atoms with Crippen molar-refractivity contribution >= 4 is 11.4 Å². The molecule has 0 N–H and O–H groups in total. The lowest BCUT2D eigenvalue weighted by Crippen LogP contribution is -1.96. The first-order valence-corrected chi connectivity index (χ1v) is 6.83. The number of nitro benzene ring substituents is 2. The monoisotopic (exact) mass is 280 g/mol. The van der Waals surface area contributed by atoms with Crippen LogP contribution in [-0.2, 0) is 6.42 Å². The molecule has 0 heterocycles. The molecule has 0 radical (unpaired) electrons. The van der Waals surface area contributed by atoms with Crippen molar-refractivity contribution in [1.29, 1.82) is 0 Å². The highest BCUT2D eigenvalue weighted by Crippen LogP contribution is 2.24. The van der Waals surface area contributed by atoms with Gasteiger partial charge in [-0.2, -0.15) is 0 Å². The number of benzene rings is 1. The van der Waals surface area contributed by atoms with Crippen molar-refractivity contribution in [1.82, 2.24) is 0 Å². The van der Waals surface area contributed by atoms with Crippen LogP contribution in [-0.4, -0.2) is 9.85 Å². The summed E-state index contributed by atoms with van der Waals surface area (Å²) in [6, 6.07) is 3.85. The minimum Gasteiger partial charge on any atom is -0.258 e. The van der Waals surface area contributed by atoms with Gasteiger partial charge < -0.3 is 0 Å². The van der Waals surface area contributed by atoms with E-state index in [-0.39, 0.29) is 11.4 Å². The quantitative estimate of drug-likeness (QED) is 0.404. The molecule has 6 heteroatoms. The van der Waals surface area contributed by atoms with Gasteiger partial charge in [-0.05, 0) is 24.3 Å². The Bertz CT molecular complexity index is 454. The van der Waals surface area contributed by atoms with Crippen LogP contribution in [0, 0.1) is 26.1 Å². The van der Waals surface area contributed by atoms with Crippen molar-refractivity contribution in [2.45, 2.75) is 46.0 Å². The van der Waals surface area contributed by atoms with Gasteiger partial charge in [0, 0.05) is 12.1 Å². The molecule has 0 aromatic heterocycles. The van der Waals surface area contributed by atoms with Crippen LogP contribution in [0.3, 0.4) is 0 Å². The van der Waals surface area contributed by atoms with Gasteiger partial charge in [0.25, 0.3) is 11.4 Å². The predicted octanol–water partition coefficient (Wildman–Crippen LogP) is 4.26. The van der Waals surface area contributed by atoms with Gasteiger partial charge in [-0.1, -0.05) is 33.1 Å². The molecule has 0 spiro atoms. The van der Waals surface area contributed by atoms with Crippen LogP contribution in [0.15, 0.2) is 18.2 Å². The van der Waals surface area contributed by atoms with Crippen molar-refractivity contribution in [3.05, 3.63) is 44.0 Å². The predicted molar refractivity (Wildman–Crippen MR) is 76.8 cm³/mol. The van der Waals surface area contributed by atoms with E-state index in [1.807, 2.05) is 0 Å². The summed E-state index contributed by atoms with van der Waals surface area (Å²) < 4.78 is 0. The van der Waals surface area contributed by atoms with Crippen molar-refractivity contribution < 1.29 is 9.85 Å². The van der Waals surface area contributed by atoms with Crippen LogP contribution >= 0.6 is 0 Å². The summed E-state index contributed by atoms with van der Waals surface area (Å²) in [7, 11) is 0. The van der Waals surface area contributed by atoms with E-state index >= 15 is 0 Å². The van der Waals surface area contributed by atoms with Crippen LogP contribution in [0.5, 0.6) is 0 Å². The smallest absolute Gasteiger partial charge is 0.258 e. The Morgan fingerprint density at radius 2 is 1.50 bits per heavy atom. The standard InChI is InChI=1S/C14H20N2O4/c1-11(2)6-4-3-5-7-12-8-13(15(17)18)10-14(9-12)16(19)20/h8-11H,3-7H2,1-2H3. The number of aryl methyl sites for hydroxylation is 1. The molecular weight excluding hydrogens is 260 g/mol. The molecular formula is C14H20N2O4. The molecule has 110 valence electrons. The summed E-state index contributed by atoms with van der Waals surface area (Å²) in [5.74, 6) is 0.675. The van der Waals surface area contributed by atoms with E-state index < -0.39 is 9.85 Å². The molecule has 0 aliphatic carbocycles. The number of rotatable bonds is 8. The van der Waals surface area contributed by atoms with Gasteiger partial charge in [0.05, 0.1) is 15.9 Å². The number of hydrogen-bond donors (Lipinski definition) is 0. The second kappa shape index (κ2) is 7.57. The van der Waals surface area contributed by atoms with Crippen LogP contribution in [0.25, 0.3) is 0 Å². The topological polar surface area (TPSA) is 86.3 Å². The first-order chi connectivity index (χ1) is 9.40. The second-order valence-electron chi connectivity index (χ2n) is 5.37. The zero-order chi connectivity index (χ0) is 15.1. The molecule has 0 atom stereocenters. The molecule has 0 fully saturated rings. The van der Waals surface area contributed by atoms with E-state index in [1.165, 1.54) is 12.1 Å². The highest BCUT2D eigenvalue weighted by molar-refractivity contribution is 5.46. The largest absolute Gasteiger partial charge is 0.276 e. The fraction of sp³-hybridized carbons (Fsp3) is 0.571. The van der Waals surface area contributed by atoms with E-state index in [4.69, 9.17) is 0 Å². The van der Waals surface area contributed by atoms with Crippen molar-refractivity contribution in [2.75, 3.05) is 0 Å². The summed E-state index contributed by atoms with van der Waals surface area (Å²) >= 11 is 0. The van der Waals surface area contributed by atoms with Gasteiger partial charge >= 0.3 is 0 Å². The van der Waals surface area contributed by atoms with E-state index in [1.54, 1.807) is 0 Å². The Morgan fingerprint density at radius 3 is 1.95 bits per heavy atom. The number of hydrogen-bond acceptors (Lipinski definition) is 4. The van der Waals surface area contributed by atoms with Crippen molar-refractivity contribution in [3.8, 4) is 0 Å². The minimum absolute atomic E-state index is 0.212. The van der Waals surface area contributed by atoms with Crippen LogP contribution in [0.2, 0.25) is 0 Å². The normalized spacial score (nSPS) is 10.8. The van der Waals surface area contributed by atoms with Gasteiger partial charge in [0.1, 0.15) is 0 Å². The second-order valence-corrected chi connectivity index (χ2v) is 5.37. The zero-order valence-corrected chi connectivity index (χ0v) is 11.9. The maximum absolute atomic E-state index is 10.8. The molecule has 1 rings (SSSR count). The molecule has 0 unspecified atom stereocenters. The number of unbranched alkanes of at least 4 members (excludes halogenated alkanes) is 2. The van der Waals surface area contributed by atoms with Gasteiger partial charge in [-0.15, -0.1) is 0 Å². The lowest BCUT2D eigenvalue weighted by molar-refractivity contribution is -0.394. The Labute approximate surface area is 118 Å². The molecule has 0 bridgehead atoms. The molecule has 20 heavy (non-hydrogen) atoms. The SMILES string of the molecule is CC(C)CCCCCc1cc([N+](=O)[O-])cc([N+](=O)[O-])c1. The Hall–Kier alpha value is -1.98. The Balaban J connectivity index is 2.64. The molecule has 0 saturated heterocycles. The maximum atomic E-state index is 10.8. The van der Waals surface area contributed by atoms with Gasteiger partial charge in [0.2, 0.25) is 0 Å². The third-order valence-corrected chi connectivity index (χ3v) is 3.13. The first-order valence-electron chi connectivity index (χ1n) is 6.83. The highest BCUT2D eigenvalue weighted by atomic mass is 16.6. The highest BCUT2D eigenvalue weighted by Gasteiger charge is 2.15. The van der Waals surface area contributed by atoms with Gasteiger partial charge in [-0.3, -0.25) is 20.2 Å². The average Bonchev–Trinajstić information content (AvgIpc) is 2.37. The maximum Gasteiger partial charge on any atom is 0.276 e. The van der Waals surface area contributed by atoms with Crippen LogP contribution < -0.4 is 0 Å². The lowest BCUT2D eigenvalue weighted by Gasteiger charge is -2.05. The first kappa shape index (κ1) is 16.1. The van der Waals surface area contributed by atoms with Crippen molar-refractivity contribution in [2.24, 2.45) is 5.92 Å². The molecule has 1 aromatic rings. The molecule has 0 saturated carbocycles. The van der Waals surface area contributed by atoms with Crippen molar-refractivity contribution in [3.63, 3.8) is 0 Å². The zero-order valence-electron chi connectivity index (χ0n) is 11.9. The lowest BCUT2D eigenvalue weighted by atomic mass is 10.0. The van der Waals surface area contributed by atoms with E-state index in [0.717, 1.165) is 31.7 Å². The molecule has 6 nitrogen and oxygen atoms in total. The molecule has 0 aliphatic heterocycles. The van der Waals surface area contributed by atoms with E-state index in [2.05, 4.69) is 13.8 Å². The fourth-order valence-corrected chi connectivity index (χ4v) is 2.07. The summed E-state index contributed by atoms with van der Waals surface area (Å²) in [5, 5.41) is 21.5. The summed E-state index contributed by atoms with van der Waals surface area (Å²) in [4.78, 5) is 20.3. The molecule has 0 amide bonds. The minimum atomic E-state index is -0.588. The van der Waals surface area contributed by atoms with Crippen LogP contribution in [0.1, 0.15) is 45.1 Å². The average molecular weight is 280 g/mol. The third-order valence-electron chi connectivity index (χ3n) is 3.13. The van der Waals surface area contributed by atoms with E-state index in [0.29, 0.717) is 17.9 Å². The van der Waals surface area contributed by atoms with Gasteiger partial charge in [0.15, 0.2) is 0 Å². The summed E-state index contributed by atoms with van der Waals surface area (Å²) in [6.45, 7) is 4.34. The van der Waals surface area contributed by atoms with Crippen LogP contribution in [0.4, 0.5) is 11.4 Å². The molecule has 1 aromatic carbocycles. The summed E-state index contributed by atoms with van der Waals surface area (Å²) in [5.41, 5.74) is 0.239. The summed E-state index contributed by atoms with van der Waals surface area (Å²) in [6.07, 6.45) is 4.85. The Kier molecular flexibility index (Phi) is 6.09.